The van der Waals surface area contributed by atoms with Gasteiger partial charge in [-0.3, -0.25) is 4.79 Å². The number of hydrogen-bond donors (Lipinski definition) is 2. The van der Waals surface area contributed by atoms with Gasteiger partial charge >= 0.3 is 5.97 Å². The minimum atomic E-state index is -1.04. The molecule has 0 fully saturated rings. The number of carboxylic acid groups (broad SMARTS) is 1. The van der Waals surface area contributed by atoms with E-state index in [0.29, 0.717) is 23.4 Å². The predicted molar refractivity (Wildman–Crippen MR) is 58.5 cm³/mol. The molecule has 0 unspecified atom stereocenters. The second-order valence-electron chi connectivity index (χ2n) is 3.17. The molecule has 1 amide bonds. The maximum absolute atomic E-state index is 11.7. The number of nitrogens with one attached hydrogen (secondary N) is 1. The highest BCUT2D eigenvalue weighted by Crippen LogP contribution is 2.11. The highest BCUT2D eigenvalue weighted by atomic mass is 32.1. The Labute approximate surface area is 96.8 Å². The first-order valence-electron chi connectivity index (χ1n) is 4.95. The monoisotopic (exact) mass is 243 g/mol. The molecular formula is C9H13N3O3S. The van der Waals surface area contributed by atoms with E-state index in [0.717, 1.165) is 11.5 Å². The SMILES string of the molecule is CCc1nnsc1C(=O)N[C@H](CC)C(=O)O. The van der Waals surface area contributed by atoms with E-state index < -0.39 is 17.9 Å². The van der Waals surface area contributed by atoms with Gasteiger partial charge in [0.25, 0.3) is 5.91 Å². The zero-order chi connectivity index (χ0) is 12.1. The molecule has 0 radical (unpaired) electrons. The van der Waals surface area contributed by atoms with Crippen LogP contribution >= 0.6 is 11.5 Å². The fourth-order valence-electron chi connectivity index (χ4n) is 1.17. The van der Waals surface area contributed by atoms with Crippen molar-refractivity contribution in [3.63, 3.8) is 0 Å². The summed E-state index contributed by atoms with van der Waals surface area (Å²) in [5.74, 6) is -1.45. The van der Waals surface area contributed by atoms with Crippen LogP contribution in [0.3, 0.4) is 0 Å². The van der Waals surface area contributed by atoms with E-state index in [-0.39, 0.29) is 0 Å². The summed E-state index contributed by atoms with van der Waals surface area (Å²) in [4.78, 5) is 22.9. The molecule has 0 bridgehead atoms. The quantitative estimate of drug-likeness (QED) is 0.794. The number of hydrogen-bond acceptors (Lipinski definition) is 5. The van der Waals surface area contributed by atoms with Crippen LogP contribution in [0, 0.1) is 0 Å². The molecule has 2 N–H and O–H groups in total. The molecule has 1 aromatic rings. The number of aryl methyl sites for hydroxylation is 1. The standard InChI is InChI=1S/C9H13N3O3S/c1-3-5-7(16-12-11-5)8(13)10-6(4-2)9(14)15/h6H,3-4H2,1-2H3,(H,10,13)(H,14,15)/t6-/m1/s1. The van der Waals surface area contributed by atoms with Crippen molar-refractivity contribution in [3.8, 4) is 0 Å². The first kappa shape index (κ1) is 12.6. The van der Waals surface area contributed by atoms with Crippen molar-refractivity contribution in [2.24, 2.45) is 0 Å². The molecule has 0 aromatic carbocycles. The summed E-state index contributed by atoms with van der Waals surface area (Å²) >= 11 is 0.980. The number of carbonyl (C=O) groups is 2. The Bertz CT molecular complexity index is 391. The molecule has 0 spiro atoms. The summed E-state index contributed by atoms with van der Waals surface area (Å²) in [6.45, 7) is 3.56. The van der Waals surface area contributed by atoms with Crippen molar-refractivity contribution >= 4 is 23.4 Å². The van der Waals surface area contributed by atoms with Gasteiger partial charge in [0, 0.05) is 0 Å². The van der Waals surface area contributed by atoms with E-state index in [1.165, 1.54) is 0 Å². The lowest BCUT2D eigenvalue weighted by Gasteiger charge is -2.11. The number of aromatic nitrogens is 2. The molecule has 0 saturated heterocycles. The van der Waals surface area contributed by atoms with Crippen LogP contribution in [0.4, 0.5) is 0 Å². The third-order valence-electron chi connectivity index (χ3n) is 2.11. The number of amides is 1. The van der Waals surface area contributed by atoms with Crippen LogP contribution in [0.25, 0.3) is 0 Å². The van der Waals surface area contributed by atoms with Crippen molar-refractivity contribution in [1.82, 2.24) is 14.9 Å². The Balaban J connectivity index is 2.75. The second kappa shape index (κ2) is 5.55. The van der Waals surface area contributed by atoms with E-state index in [9.17, 15) is 9.59 Å². The Morgan fingerprint density at radius 1 is 1.50 bits per heavy atom. The van der Waals surface area contributed by atoms with Gasteiger partial charge in [-0.1, -0.05) is 18.3 Å². The van der Waals surface area contributed by atoms with E-state index in [1.54, 1.807) is 6.92 Å². The molecule has 88 valence electrons. The zero-order valence-electron chi connectivity index (χ0n) is 9.06. The molecule has 0 saturated carbocycles. The van der Waals surface area contributed by atoms with Crippen LogP contribution in [0.15, 0.2) is 0 Å². The molecular weight excluding hydrogens is 230 g/mol. The summed E-state index contributed by atoms with van der Waals surface area (Å²) in [5, 5.41) is 15.0. The molecule has 1 rings (SSSR count). The summed E-state index contributed by atoms with van der Waals surface area (Å²) in [6, 6.07) is -0.862. The highest BCUT2D eigenvalue weighted by molar-refractivity contribution is 7.08. The lowest BCUT2D eigenvalue weighted by molar-refractivity contribution is -0.139. The fraction of sp³-hybridized carbons (Fsp3) is 0.556. The van der Waals surface area contributed by atoms with Gasteiger partial charge in [0.15, 0.2) is 0 Å². The molecule has 6 nitrogen and oxygen atoms in total. The molecule has 16 heavy (non-hydrogen) atoms. The number of carbonyl (C=O) groups excluding carboxylic acids is 1. The van der Waals surface area contributed by atoms with Gasteiger partial charge in [-0.25, -0.2) is 4.79 Å². The minimum absolute atomic E-state index is 0.342. The molecule has 0 aliphatic heterocycles. The highest BCUT2D eigenvalue weighted by Gasteiger charge is 2.21. The van der Waals surface area contributed by atoms with E-state index in [1.807, 2.05) is 6.92 Å². The van der Waals surface area contributed by atoms with Gasteiger partial charge in [-0.15, -0.1) is 5.10 Å². The van der Waals surface area contributed by atoms with E-state index >= 15 is 0 Å². The Morgan fingerprint density at radius 2 is 2.19 bits per heavy atom. The lowest BCUT2D eigenvalue weighted by atomic mass is 10.2. The molecule has 1 heterocycles. The van der Waals surface area contributed by atoms with Crippen LogP contribution in [0.5, 0.6) is 0 Å². The third-order valence-corrected chi connectivity index (χ3v) is 2.88. The van der Waals surface area contributed by atoms with Crippen molar-refractivity contribution in [2.75, 3.05) is 0 Å². The number of rotatable bonds is 5. The van der Waals surface area contributed by atoms with Crippen molar-refractivity contribution < 1.29 is 14.7 Å². The normalized spacial score (nSPS) is 12.1. The molecule has 1 atom stereocenters. The van der Waals surface area contributed by atoms with Gasteiger partial charge in [0.1, 0.15) is 10.9 Å². The van der Waals surface area contributed by atoms with E-state index in [4.69, 9.17) is 5.11 Å². The van der Waals surface area contributed by atoms with Crippen LogP contribution in [-0.2, 0) is 11.2 Å². The average Bonchev–Trinajstić information content (AvgIpc) is 2.72. The summed E-state index contributed by atoms with van der Waals surface area (Å²) in [6.07, 6.45) is 0.942. The van der Waals surface area contributed by atoms with Gasteiger partial charge in [0.2, 0.25) is 0 Å². The Hall–Kier alpha value is -1.50. The average molecular weight is 243 g/mol. The predicted octanol–water partition coefficient (Wildman–Crippen LogP) is 0.694. The second-order valence-corrected chi connectivity index (χ2v) is 3.93. The van der Waals surface area contributed by atoms with Crippen LogP contribution in [-0.4, -0.2) is 32.6 Å². The Morgan fingerprint density at radius 3 is 2.69 bits per heavy atom. The molecule has 0 aliphatic carbocycles. The van der Waals surface area contributed by atoms with Crippen LogP contribution < -0.4 is 5.32 Å². The van der Waals surface area contributed by atoms with Crippen molar-refractivity contribution in [2.45, 2.75) is 32.7 Å². The molecule has 7 heteroatoms. The Kier molecular flexibility index (Phi) is 4.36. The van der Waals surface area contributed by atoms with Gasteiger partial charge in [-0.2, -0.15) is 0 Å². The van der Waals surface area contributed by atoms with Crippen molar-refractivity contribution in [3.05, 3.63) is 10.6 Å². The largest absolute Gasteiger partial charge is 0.480 e. The number of nitrogens with zero attached hydrogens (tertiary/aromatic N) is 2. The van der Waals surface area contributed by atoms with Gasteiger partial charge < -0.3 is 10.4 Å². The topological polar surface area (TPSA) is 92.2 Å². The van der Waals surface area contributed by atoms with Crippen LogP contribution in [0.2, 0.25) is 0 Å². The van der Waals surface area contributed by atoms with E-state index in [2.05, 4.69) is 14.9 Å². The smallest absolute Gasteiger partial charge is 0.326 e. The lowest BCUT2D eigenvalue weighted by Crippen LogP contribution is -2.40. The number of aliphatic carboxylic acids is 1. The number of carboxylic acids is 1. The third kappa shape index (κ3) is 2.75. The van der Waals surface area contributed by atoms with Crippen molar-refractivity contribution in [1.29, 1.82) is 0 Å². The zero-order valence-corrected chi connectivity index (χ0v) is 9.87. The van der Waals surface area contributed by atoms with Gasteiger partial charge in [-0.05, 0) is 24.4 Å². The minimum Gasteiger partial charge on any atom is -0.480 e. The maximum atomic E-state index is 11.7. The molecule has 0 aliphatic rings. The first-order chi connectivity index (χ1) is 7.60. The fourth-order valence-corrected chi connectivity index (χ4v) is 1.83. The van der Waals surface area contributed by atoms with Crippen LogP contribution in [0.1, 0.15) is 35.6 Å². The summed E-state index contributed by atoms with van der Waals surface area (Å²) in [5.41, 5.74) is 0.600. The van der Waals surface area contributed by atoms with Gasteiger partial charge in [0.05, 0.1) is 5.69 Å². The summed E-state index contributed by atoms with van der Waals surface area (Å²) in [7, 11) is 0. The first-order valence-corrected chi connectivity index (χ1v) is 5.72. The molecule has 1 aromatic heterocycles. The maximum Gasteiger partial charge on any atom is 0.326 e. The summed E-state index contributed by atoms with van der Waals surface area (Å²) < 4.78 is 3.68.